The van der Waals surface area contributed by atoms with E-state index in [9.17, 15) is 13.2 Å². The molecule has 7 nitrogen and oxygen atoms in total. The Morgan fingerprint density at radius 3 is 2.24 bits per heavy atom. The van der Waals surface area contributed by atoms with Crippen molar-refractivity contribution in [1.82, 2.24) is 4.72 Å². The molecule has 1 unspecified atom stereocenters. The second-order valence-electron chi connectivity index (χ2n) is 7.69. The zero-order chi connectivity index (χ0) is 24.0. The third kappa shape index (κ3) is 6.12. The minimum atomic E-state index is -4.04. The van der Waals surface area contributed by atoms with E-state index in [0.29, 0.717) is 11.4 Å². The van der Waals surface area contributed by atoms with Gasteiger partial charge in [0.1, 0.15) is 6.04 Å². The molecule has 33 heavy (non-hydrogen) atoms. The highest BCUT2D eigenvalue weighted by atomic mass is 32.2. The Kier molecular flexibility index (Phi) is 7.73. The number of carbonyl (C=O) groups excluding carboxylic acids is 1. The molecular formula is C25H28N2O5S. The summed E-state index contributed by atoms with van der Waals surface area (Å²) < 4.78 is 39.3. The number of ether oxygens (including phenoxy) is 2. The Morgan fingerprint density at radius 2 is 1.61 bits per heavy atom. The molecule has 0 aliphatic heterocycles. The van der Waals surface area contributed by atoms with Crippen LogP contribution in [0.25, 0.3) is 0 Å². The van der Waals surface area contributed by atoms with E-state index in [1.807, 2.05) is 62.4 Å². The largest absolute Gasteiger partial charge is 0.493 e. The van der Waals surface area contributed by atoms with E-state index in [2.05, 4.69) is 10.0 Å². The average Bonchev–Trinajstić information content (AvgIpc) is 2.80. The fourth-order valence-corrected chi connectivity index (χ4v) is 4.66. The molecule has 2 N–H and O–H groups in total. The molecule has 8 heteroatoms. The summed E-state index contributed by atoms with van der Waals surface area (Å²) in [5.74, 6) is 0.236. The van der Waals surface area contributed by atoms with Gasteiger partial charge in [0.25, 0.3) is 0 Å². The molecule has 3 rings (SSSR count). The maximum absolute atomic E-state index is 13.2. The monoisotopic (exact) mass is 468 g/mol. The second-order valence-corrected chi connectivity index (χ2v) is 9.40. The molecule has 0 aliphatic rings. The fourth-order valence-electron chi connectivity index (χ4n) is 3.45. The molecule has 0 saturated heterocycles. The summed E-state index contributed by atoms with van der Waals surface area (Å²) in [7, 11) is -1.14. The first-order valence-corrected chi connectivity index (χ1v) is 11.9. The number of methoxy groups -OCH3 is 2. The molecule has 0 bridgehead atoms. The average molecular weight is 469 g/mol. The molecular weight excluding hydrogens is 440 g/mol. The van der Waals surface area contributed by atoms with Crippen LogP contribution < -0.4 is 19.5 Å². The Balaban J connectivity index is 1.91. The number of hydrogen-bond acceptors (Lipinski definition) is 5. The van der Waals surface area contributed by atoms with Gasteiger partial charge in [-0.25, -0.2) is 8.42 Å². The Bertz CT molecular complexity index is 1230. The molecule has 3 aromatic rings. The van der Waals surface area contributed by atoms with Gasteiger partial charge in [-0.3, -0.25) is 4.79 Å². The van der Waals surface area contributed by atoms with E-state index in [-0.39, 0.29) is 17.1 Å². The number of benzene rings is 3. The number of sulfonamides is 1. The van der Waals surface area contributed by atoms with Crippen molar-refractivity contribution in [2.24, 2.45) is 0 Å². The number of anilines is 1. The first-order valence-electron chi connectivity index (χ1n) is 10.4. The lowest BCUT2D eigenvalue weighted by Gasteiger charge is -2.20. The predicted molar refractivity (Wildman–Crippen MR) is 128 cm³/mol. The fraction of sp³-hybridized carbons (Fsp3) is 0.240. The van der Waals surface area contributed by atoms with Crippen LogP contribution in [-0.2, 0) is 21.2 Å². The zero-order valence-electron chi connectivity index (χ0n) is 19.1. The van der Waals surface area contributed by atoms with Crippen LogP contribution in [0.2, 0.25) is 0 Å². The van der Waals surface area contributed by atoms with E-state index in [1.165, 1.54) is 32.4 Å². The molecule has 0 aliphatic carbocycles. The number of nitrogens with one attached hydrogen (secondary N) is 2. The van der Waals surface area contributed by atoms with Crippen molar-refractivity contribution in [2.45, 2.75) is 31.2 Å². The third-order valence-electron chi connectivity index (χ3n) is 5.20. The maximum atomic E-state index is 13.2. The Morgan fingerprint density at radius 1 is 0.909 bits per heavy atom. The van der Waals surface area contributed by atoms with Gasteiger partial charge in [-0.15, -0.1) is 0 Å². The van der Waals surface area contributed by atoms with Gasteiger partial charge in [0, 0.05) is 11.8 Å². The van der Waals surface area contributed by atoms with E-state index < -0.39 is 22.0 Å². The lowest BCUT2D eigenvalue weighted by atomic mass is 10.1. The standard InChI is InChI=1S/C25H28N2O5S/c1-17-10-12-21(18(2)14-17)26-25(28)22(15-19-8-6-5-7-9-19)27-33(29,30)20-11-13-23(31-3)24(16-20)32-4/h5-14,16,22,27H,15H2,1-4H3,(H,26,28). The third-order valence-corrected chi connectivity index (χ3v) is 6.67. The van der Waals surface area contributed by atoms with Crippen molar-refractivity contribution in [3.05, 3.63) is 83.4 Å². The van der Waals surface area contributed by atoms with Crippen LogP contribution in [0.3, 0.4) is 0 Å². The quantitative estimate of drug-likeness (QED) is 0.498. The summed E-state index contributed by atoms with van der Waals surface area (Å²) in [6.07, 6.45) is 0.185. The first-order chi connectivity index (χ1) is 15.7. The molecule has 0 fully saturated rings. The summed E-state index contributed by atoms with van der Waals surface area (Å²) in [6.45, 7) is 3.86. The number of carbonyl (C=O) groups is 1. The van der Waals surface area contributed by atoms with E-state index in [0.717, 1.165) is 16.7 Å². The smallest absolute Gasteiger partial charge is 0.242 e. The summed E-state index contributed by atoms with van der Waals surface area (Å²) in [6, 6.07) is 18.2. The molecule has 0 heterocycles. The summed E-state index contributed by atoms with van der Waals surface area (Å²) >= 11 is 0. The molecule has 1 atom stereocenters. The van der Waals surface area contributed by atoms with Crippen molar-refractivity contribution < 1.29 is 22.7 Å². The minimum Gasteiger partial charge on any atom is -0.493 e. The summed E-state index contributed by atoms with van der Waals surface area (Å²) in [4.78, 5) is 13.2. The van der Waals surface area contributed by atoms with Crippen molar-refractivity contribution in [2.75, 3.05) is 19.5 Å². The van der Waals surface area contributed by atoms with Gasteiger partial charge in [-0.2, -0.15) is 4.72 Å². The van der Waals surface area contributed by atoms with Gasteiger partial charge in [-0.1, -0.05) is 48.0 Å². The summed E-state index contributed by atoms with van der Waals surface area (Å²) in [5.41, 5.74) is 3.42. The topological polar surface area (TPSA) is 93.7 Å². The summed E-state index contributed by atoms with van der Waals surface area (Å²) in [5, 5.41) is 2.86. The van der Waals surface area contributed by atoms with Crippen LogP contribution >= 0.6 is 0 Å². The Labute approximate surface area is 194 Å². The van der Waals surface area contributed by atoms with Gasteiger partial charge < -0.3 is 14.8 Å². The minimum absolute atomic E-state index is 0.0301. The van der Waals surface area contributed by atoms with Gasteiger partial charge in [0.05, 0.1) is 19.1 Å². The van der Waals surface area contributed by atoms with Gasteiger partial charge in [-0.05, 0) is 49.6 Å². The highest BCUT2D eigenvalue weighted by Crippen LogP contribution is 2.29. The molecule has 174 valence electrons. The normalized spacial score (nSPS) is 12.1. The molecule has 0 radical (unpaired) electrons. The van der Waals surface area contributed by atoms with Gasteiger partial charge in [0.2, 0.25) is 15.9 Å². The SMILES string of the molecule is COc1ccc(S(=O)(=O)NC(Cc2ccccc2)C(=O)Nc2ccc(C)cc2C)cc1OC. The van der Waals surface area contributed by atoms with Crippen LogP contribution in [0.4, 0.5) is 5.69 Å². The van der Waals surface area contributed by atoms with Crippen molar-refractivity contribution in [3.63, 3.8) is 0 Å². The lowest BCUT2D eigenvalue weighted by Crippen LogP contribution is -2.45. The highest BCUT2D eigenvalue weighted by Gasteiger charge is 2.27. The van der Waals surface area contributed by atoms with Crippen molar-refractivity contribution >= 4 is 21.6 Å². The van der Waals surface area contributed by atoms with Gasteiger partial charge in [0.15, 0.2) is 11.5 Å². The molecule has 0 aromatic heterocycles. The van der Waals surface area contributed by atoms with E-state index >= 15 is 0 Å². The number of amides is 1. The highest BCUT2D eigenvalue weighted by molar-refractivity contribution is 7.89. The van der Waals surface area contributed by atoms with Crippen LogP contribution in [0.1, 0.15) is 16.7 Å². The first kappa shape index (κ1) is 24.3. The number of hydrogen-bond donors (Lipinski definition) is 2. The van der Waals surface area contributed by atoms with E-state index in [1.54, 1.807) is 0 Å². The second kappa shape index (κ2) is 10.5. The molecule has 0 spiro atoms. The van der Waals surface area contributed by atoms with Crippen molar-refractivity contribution in [1.29, 1.82) is 0 Å². The molecule has 1 amide bonds. The Hall–Kier alpha value is -3.36. The van der Waals surface area contributed by atoms with Crippen LogP contribution in [-0.4, -0.2) is 34.6 Å². The molecule has 3 aromatic carbocycles. The van der Waals surface area contributed by atoms with E-state index in [4.69, 9.17) is 9.47 Å². The number of rotatable bonds is 9. The van der Waals surface area contributed by atoms with Crippen molar-refractivity contribution in [3.8, 4) is 11.5 Å². The zero-order valence-corrected chi connectivity index (χ0v) is 19.9. The van der Waals surface area contributed by atoms with Gasteiger partial charge >= 0.3 is 0 Å². The van der Waals surface area contributed by atoms with Crippen LogP contribution in [0.15, 0.2) is 71.6 Å². The molecule has 0 saturated carbocycles. The van der Waals surface area contributed by atoms with Crippen LogP contribution in [0.5, 0.6) is 11.5 Å². The maximum Gasteiger partial charge on any atom is 0.242 e. The number of aryl methyl sites for hydroxylation is 2. The predicted octanol–water partition coefficient (Wildman–Crippen LogP) is 3.85. The van der Waals surface area contributed by atoms with Crippen LogP contribution in [0, 0.1) is 13.8 Å². The lowest BCUT2D eigenvalue weighted by molar-refractivity contribution is -0.117.